The van der Waals surface area contributed by atoms with Crippen molar-refractivity contribution in [3.05, 3.63) is 72.3 Å². The maximum Gasteiger partial charge on any atom is 0.205 e. The van der Waals surface area contributed by atoms with Gasteiger partial charge in [0.25, 0.3) is 0 Å². The van der Waals surface area contributed by atoms with Crippen molar-refractivity contribution >= 4 is 11.0 Å². The van der Waals surface area contributed by atoms with Crippen LogP contribution in [-0.4, -0.2) is 40.4 Å². The van der Waals surface area contributed by atoms with Crippen molar-refractivity contribution < 1.29 is 0 Å². The minimum Gasteiger partial charge on any atom is -0.322 e. The molecule has 0 radical (unpaired) electrons. The zero-order valence-electron chi connectivity index (χ0n) is 18.3. The van der Waals surface area contributed by atoms with Gasteiger partial charge in [0.15, 0.2) is 0 Å². The Kier molecular flexibility index (Phi) is 4.97. The van der Waals surface area contributed by atoms with Gasteiger partial charge in [-0.25, -0.2) is 4.98 Å². The molecule has 0 bridgehead atoms. The maximum atomic E-state index is 4.84. The summed E-state index contributed by atoms with van der Waals surface area (Å²) >= 11 is 0. The van der Waals surface area contributed by atoms with Crippen LogP contribution in [0.5, 0.6) is 0 Å². The van der Waals surface area contributed by atoms with Crippen LogP contribution in [0.4, 0.5) is 0 Å². The molecule has 3 heterocycles. The Morgan fingerprint density at radius 2 is 1.66 bits per heavy atom. The quantitative estimate of drug-likeness (QED) is 0.451. The first-order valence-corrected chi connectivity index (χ1v) is 10.6. The Morgan fingerprint density at radius 3 is 2.38 bits per heavy atom. The summed E-state index contributed by atoms with van der Waals surface area (Å²) in [6.45, 7) is 7.40. The molecule has 160 valence electrons. The number of hydrogen-bond acceptors (Lipinski definition) is 6. The van der Waals surface area contributed by atoms with Crippen molar-refractivity contribution in [2.24, 2.45) is 5.41 Å². The van der Waals surface area contributed by atoms with E-state index < -0.39 is 0 Å². The normalized spacial score (nSPS) is 11.8. The van der Waals surface area contributed by atoms with Crippen molar-refractivity contribution in [2.45, 2.75) is 33.7 Å². The molecule has 0 aliphatic heterocycles. The van der Waals surface area contributed by atoms with E-state index >= 15 is 0 Å². The summed E-state index contributed by atoms with van der Waals surface area (Å²) in [5.74, 6) is 1.64. The van der Waals surface area contributed by atoms with Crippen molar-refractivity contribution in [1.82, 2.24) is 40.4 Å². The molecule has 2 aromatic carbocycles. The second-order valence-electron chi connectivity index (χ2n) is 9.09. The second kappa shape index (κ2) is 7.96. The first-order chi connectivity index (χ1) is 15.5. The summed E-state index contributed by atoms with van der Waals surface area (Å²) < 4.78 is 2.25. The van der Waals surface area contributed by atoms with Gasteiger partial charge in [0.2, 0.25) is 5.82 Å². The highest BCUT2D eigenvalue weighted by molar-refractivity contribution is 5.80. The number of fused-ring (bicyclic) bond motifs is 1. The summed E-state index contributed by atoms with van der Waals surface area (Å²) in [5, 5.41) is 22.6. The number of H-pyrrole nitrogens is 1. The molecule has 0 aliphatic rings. The lowest BCUT2D eigenvalue weighted by molar-refractivity contribution is 0.394. The van der Waals surface area contributed by atoms with E-state index in [0.29, 0.717) is 5.82 Å². The highest BCUT2D eigenvalue weighted by Crippen LogP contribution is 2.30. The van der Waals surface area contributed by atoms with E-state index in [0.717, 1.165) is 46.5 Å². The predicted octanol–water partition coefficient (Wildman–Crippen LogP) is 4.31. The van der Waals surface area contributed by atoms with Crippen LogP contribution in [0.1, 0.15) is 32.2 Å². The average Bonchev–Trinajstić information content (AvgIpc) is 3.42. The van der Waals surface area contributed by atoms with Crippen molar-refractivity contribution in [3.8, 4) is 22.5 Å². The highest BCUT2D eigenvalue weighted by Gasteiger charge is 2.19. The molecule has 0 spiro atoms. The SMILES string of the molecule is CC(C)(C)Cc1nc2cnncc2n1Cc1ccc(-c2ccccc2-c2nn[nH]n2)cc1. The standard InChI is InChI=1S/C24H24N8/c1-24(2,3)12-22-27-20-13-25-26-14-21(20)32(22)15-16-8-10-17(11-9-16)18-6-4-5-7-19(18)23-28-30-31-29-23/h4-11,13-14H,12,15H2,1-3H3,(H,28,29,30,31). The van der Waals surface area contributed by atoms with Crippen LogP contribution in [0, 0.1) is 5.41 Å². The van der Waals surface area contributed by atoms with Crippen LogP contribution in [0.15, 0.2) is 60.9 Å². The van der Waals surface area contributed by atoms with E-state index in [-0.39, 0.29) is 5.41 Å². The van der Waals surface area contributed by atoms with E-state index in [9.17, 15) is 0 Å². The minimum absolute atomic E-state index is 0.128. The van der Waals surface area contributed by atoms with Crippen LogP contribution in [0.3, 0.4) is 0 Å². The number of hydrogen-bond donors (Lipinski definition) is 1. The third kappa shape index (κ3) is 3.99. The fourth-order valence-corrected chi connectivity index (χ4v) is 3.90. The van der Waals surface area contributed by atoms with Crippen LogP contribution < -0.4 is 0 Å². The van der Waals surface area contributed by atoms with Gasteiger partial charge in [-0.2, -0.15) is 15.4 Å². The van der Waals surface area contributed by atoms with E-state index in [1.807, 2.05) is 18.2 Å². The van der Waals surface area contributed by atoms with Crippen LogP contribution in [-0.2, 0) is 13.0 Å². The monoisotopic (exact) mass is 424 g/mol. The molecule has 5 rings (SSSR count). The maximum absolute atomic E-state index is 4.84. The van der Waals surface area contributed by atoms with Gasteiger partial charge in [-0.3, -0.25) is 0 Å². The molecule has 0 unspecified atom stereocenters. The molecular formula is C24H24N8. The topological polar surface area (TPSA) is 98.1 Å². The summed E-state index contributed by atoms with van der Waals surface area (Å²) in [5.41, 5.74) is 6.32. The molecule has 0 fully saturated rings. The molecule has 32 heavy (non-hydrogen) atoms. The third-order valence-corrected chi connectivity index (χ3v) is 5.35. The number of tetrazole rings is 1. The van der Waals surface area contributed by atoms with Gasteiger partial charge in [0, 0.05) is 18.5 Å². The van der Waals surface area contributed by atoms with E-state index in [1.165, 1.54) is 5.56 Å². The van der Waals surface area contributed by atoms with Crippen LogP contribution in [0.2, 0.25) is 0 Å². The van der Waals surface area contributed by atoms with Crippen molar-refractivity contribution in [1.29, 1.82) is 0 Å². The molecule has 8 heteroatoms. The smallest absolute Gasteiger partial charge is 0.205 e. The van der Waals surface area contributed by atoms with Gasteiger partial charge in [-0.15, -0.1) is 10.2 Å². The molecule has 0 atom stereocenters. The molecule has 0 saturated carbocycles. The first kappa shape index (κ1) is 20.0. The first-order valence-electron chi connectivity index (χ1n) is 10.6. The van der Waals surface area contributed by atoms with Gasteiger partial charge >= 0.3 is 0 Å². The average molecular weight is 425 g/mol. The molecule has 0 amide bonds. The summed E-state index contributed by atoms with van der Waals surface area (Å²) in [7, 11) is 0. The highest BCUT2D eigenvalue weighted by atomic mass is 15.5. The molecule has 5 aromatic rings. The Balaban J connectivity index is 1.48. The van der Waals surface area contributed by atoms with E-state index in [4.69, 9.17) is 4.98 Å². The lowest BCUT2D eigenvalue weighted by Gasteiger charge is -2.19. The van der Waals surface area contributed by atoms with Crippen LogP contribution in [0.25, 0.3) is 33.5 Å². The minimum atomic E-state index is 0.128. The Labute approximate surface area is 185 Å². The van der Waals surface area contributed by atoms with Gasteiger partial charge in [0.05, 0.1) is 17.9 Å². The number of benzene rings is 2. The summed E-state index contributed by atoms with van der Waals surface area (Å²) in [6.07, 6.45) is 4.40. The van der Waals surface area contributed by atoms with Crippen molar-refractivity contribution in [3.63, 3.8) is 0 Å². The van der Waals surface area contributed by atoms with E-state index in [1.54, 1.807) is 12.4 Å². The third-order valence-electron chi connectivity index (χ3n) is 5.35. The predicted molar refractivity (Wildman–Crippen MR) is 123 cm³/mol. The number of rotatable bonds is 5. The fraction of sp³-hybridized carbons (Fsp3) is 0.250. The van der Waals surface area contributed by atoms with Gasteiger partial charge in [-0.1, -0.05) is 69.3 Å². The van der Waals surface area contributed by atoms with Crippen LogP contribution >= 0.6 is 0 Å². The van der Waals surface area contributed by atoms with Gasteiger partial charge in [-0.05, 0) is 27.3 Å². The van der Waals surface area contributed by atoms with Gasteiger partial charge in [0.1, 0.15) is 11.3 Å². The Hall–Kier alpha value is -3.94. The number of aromatic nitrogens is 8. The molecule has 8 nitrogen and oxygen atoms in total. The molecular weight excluding hydrogens is 400 g/mol. The van der Waals surface area contributed by atoms with E-state index in [2.05, 4.69) is 86.5 Å². The summed E-state index contributed by atoms with van der Waals surface area (Å²) in [4.78, 5) is 4.84. The Morgan fingerprint density at radius 1 is 0.906 bits per heavy atom. The fourth-order valence-electron chi connectivity index (χ4n) is 3.90. The summed E-state index contributed by atoms with van der Waals surface area (Å²) in [6, 6.07) is 16.7. The molecule has 3 aromatic heterocycles. The zero-order valence-corrected chi connectivity index (χ0v) is 18.3. The molecule has 1 N–H and O–H groups in total. The lowest BCUT2D eigenvalue weighted by Crippen LogP contribution is -2.15. The lowest BCUT2D eigenvalue weighted by atomic mass is 9.92. The number of nitrogens with zero attached hydrogens (tertiary/aromatic N) is 7. The Bertz CT molecular complexity index is 1350. The number of aromatic amines is 1. The number of imidazole rings is 1. The molecule has 0 saturated heterocycles. The zero-order chi connectivity index (χ0) is 22.1. The molecule has 0 aliphatic carbocycles. The van der Waals surface area contributed by atoms with Gasteiger partial charge < -0.3 is 4.57 Å². The largest absolute Gasteiger partial charge is 0.322 e. The van der Waals surface area contributed by atoms with Crippen molar-refractivity contribution in [2.75, 3.05) is 0 Å². The second-order valence-corrected chi connectivity index (χ2v) is 9.09. The number of nitrogens with one attached hydrogen (secondary N) is 1.